The van der Waals surface area contributed by atoms with Gasteiger partial charge in [-0.25, -0.2) is 0 Å². The summed E-state index contributed by atoms with van der Waals surface area (Å²) in [5, 5.41) is 7.62. The molecule has 41 heavy (non-hydrogen) atoms. The summed E-state index contributed by atoms with van der Waals surface area (Å²) in [5.41, 5.74) is 7.99. The van der Waals surface area contributed by atoms with Crippen LogP contribution in [0.25, 0.3) is 60.1 Å². The SMILES string of the molecule is Brc1c2ccccc2c(-c2ccc(C3=CC=CC4CCCCC34)cc2)c2cc(-c3cccc4ccccc34)ccc12. The molecule has 6 aromatic carbocycles. The monoisotopic (exact) mass is 590 g/mol. The number of allylic oxidation sites excluding steroid dienone is 4. The maximum absolute atomic E-state index is 3.99. The fourth-order valence-corrected chi connectivity index (χ4v) is 8.11. The summed E-state index contributed by atoms with van der Waals surface area (Å²) in [7, 11) is 0. The van der Waals surface area contributed by atoms with Crippen molar-refractivity contribution in [3.63, 3.8) is 0 Å². The highest BCUT2D eigenvalue weighted by Crippen LogP contribution is 2.45. The highest BCUT2D eigenvalue weighted by Gasteiger charge is 2.28. The number of hydrogen-bond acceptors (Lipinski definition) is 0. The highest BCUT2D eigenvalue weighted by molar-refractivity contribution is 9.10. The van der Waals surface area contributed by atoms with E-state index in [-0.39, 0.29) is 0 Å². The summed E-state index contributed by atoms with van der Waals surface area (Å²) >= 11 is 3.99. The van der Waals surface area contributed by atoms with Gasteiger partial charge in [-0.05, 0) is 112 Å². The molecule has 0 N–H and O–H groups in total. The van der Waals surface area contributed by atoms with Gasteiger partial charge in [0.15, 0.2) is 0 Å². The lowest BCUT2D eigenvalue weighted by molar-refractivity contribution is 0.344. The second-order valence-electron chi connectivity index (χ2n) is 11.7. The van der Waals surface area contributed by atoms with Crippen molar-refractivity contribution in [2.24, 2.45) is 11.8 Å². The van der Waals surface area contributed by atoms with Gasteiger partial charge in [0.25, 0.3) is 0 Å². The topological polar surface area (TPSA) is 0 Å². The molecular formula is C40H31Br. The number of halogens is 1. The first-order valence-electron chi connectivity index (χ1n) is 14.9. The summed E-state index contributed by atoms with van der Waals surface area (Å²) in [5.74, 6) is 1.37. The van der Waals surface area contributed by atoms with Gasteiger partial charge in [0, 0.05) is 4.47 Å². The molecule has 6 aromatic rings. The molecule has 0 nitrogen and oxygen atoms in total. The van der Waals surface area contributed by atoms with Gasteiger partial charge >= 0.3 is 0 Å². The summed E-state index contributed by atoms with van der Waals surface area (Å²) < 4.78 is 1.16. The molecule has 0 heterocycles. The molecule has 8 rings (SSSR count). The minimum atomic E-state index is 0.664. The van der Waals surface area contributed by atoms with Crippen LogP contribution in [0, 0.1) is 11.8 Å². The van der Waals surface area contributed by atoms with Crippen molar-refractivity contribution in [3.05, 3.63) is 137 Å². The van der Waals surface area contributed by atoms with E-state index >= 15 is 0 Å². The molecule has 0 amide bonds. The van der Waals surface area contributed by atoms with E-state index in [9.17, 15) is 0 Å². The van der Waals surface area contributed by atoms with Gasteiger partial charge < -0.3 is 0 Å². The standard InChI is InChI=1S/C40H31Br/c41-40-36-16-6-5-15-35(36)39(29-21-19-28(20-22-29)33-17-7-11-26-9-1-3-13-31(26)33)38-25-30(23-24-37(38)40)34-18-8-12-27-10-2-4-14-32(27)34/h2,4-8,10-12,14-26,31H,1,3,9,13H2. The minimum absolute atomic E-state index is 0.664. The zero-order valence-electron chi connectivity index (χ0n) is 23.0. The van der Waals surface area contributed by atoms with Crippen LogP contribution >= 0.6 is 15.9 Å². The number of hydrogen-bond donors (Lipinski definition) is 0. The van der Waals surface area contributed by atoms with Gasteiger partial charge in [-0.2, -0.15) is 0 Å². The van der Waals surface area contributed by atoms with Crippen LogP contribution in [0.2, 0.25) is 0 Å². The molecule has 0 spiro atoms. The van der Waals surface area contributed by atoms with E-state index in [1.807, 2.05) is 0 Å². The van der Waals surface area contributed by atoms with E-state index in [2.05, 4.69) is 143 Å². The molecule has 2 aliphatic carbocycles. The van der Waals surface area contributed by atoms with Crippen molar-refractivity contribution in [1.29, 1.82) is 0 Å². The van der Waals surface area contributed by atoms with Crippen molar-refractivity contribution in [3.8, 4) is 22.3 Å². The fraction of sp³-hybridized carbons (Fsp3) is 0.150. The first-order chi connectivity index (χ1) is 20.3. The molecule has 2 aliphatic rings. The van der Waals surface area contributed by atoms with Crippen LogP contribution in [0.15, 0.2) is 132 Å². The molecule has 0 radical (unpaired) electrons. The molecule has 0 bridgehead atoms. The van der Waals surface area contributed by atoms with Gasteiger partial charge in [0.05, 0.1) is 0 Å². The van der Waals surface area contributed by atoms with Crippen molar-refractivity contribution in [2.45, 2.75) is 25.7 Å². The van der Waals surface area contributed by atoms with Crippen LogP contribution in [0.5, 0.6) is 0 Å². The zero-order chi connectivity index (χ0) is 27.3. The number of benzene rings is 6. The zero-order valence-corrected chi connectivity index (χ0v) is 24.6. The van der Waals surface area contributed by atoms with Crippen LogP contribution in [0.1, 0.15) is 31.2 Å². The molecule has 198 valence electrons. The Hall–Kier alpha value is -3.94. The van der Waals surface area contributed by atoms with Gasteiger partial charge in [-0.15, -0.1) is 0 Å². The second kappa shape index (κ2) is 10.2. The van der Waals surface area contributed by atoms with Crippen LogP contribution in [0.4, 0.5) is 0 Å². The molecule has 0 aromatic heterocycles. The average molecular weight is 592 g/mol. The van der Waals surface area contributed by atoms with Gasteiger partial charge in [0.2, 0.25) is 0 Å². The molecule has 0 aliphatic heterocycles. The van der Waals surface area contributed by atoms with Crippen molar-refractivity contribution < 1.29 is 0 Å². The van der Waals surface area contributed by atoms with E-state index in [0.717, 1.165) is 4.47 Å². The highest BCUT2D eigenvalue weighted by atomic mass is 79.9. The maximum Gasteiger partial charge on any atom is 0.0332 e. The Morgan fingerprint density at radius 3 is 2.12 bits per heavy atom. The predicted molar refractivity (Wildman–Crippen MR) is 180 cm³/mol. The summed E-state index contributed by atoms with van der Waals surface area (Å²) in [4.78, 5) is 0. The van der Waals surface area contributed by atoms with Crippen molar-refractivity contribution in [2.75, 3.05) is 0 Å². The third-order valence-electron chi connectivity index (χ3n) is 9.42. The Bertz CT molecular complexity index is 2000. The van der Waals surface area contributed by atoms with Crippen LogP contribution in [-0.4, -0.2) is 0 Å². The Balaban J connectivity index is 1.32. The predicted octanol–water partition coefficient (Wildman–Crippen LogP) is 12.0. The van der Waals surface area contributed by atoms with Gasteiger partial charge in [0.1, 0.15) is 0 Å². The van der Waals surface area contributed by atoms with Crippen molar-refractivity contribution >= 4 is 53.8 Å². The Kier molecular flexibility index (Phi) is 6.15. The minimum Gasteiger partial charge on any atom is -0.0808 e. The van der Waals surface area contributed by atoms with Crippen LogP contribution in [-0.2, 0) is 0 Å². The lowest BCUT2D eigenvalue weighted by Gasteiger charge is -2.33. The summed E-state index contributed by atoms with van der Waals surface area (Å²) in [6, 6.07) is 40.5. The third-order valence-corrected chi connectivity index (χ3v) is 10.3. The smallest absolute Gasteiger partial charge is 0.0332 e. The quantitative estimate of drug-likeness (QED) is 0.180. The van der Waals surface area contributed by atoms with E-state index in [1.54, 1.807) is 0 Å². The Labute approximate surface area is 250 Å². The number of rotatable bonds is 3. The fourth-order valence-electron chi connectivity index (χ4n) is 7.42. The third kappa shape index (κ3) is 4.18. The molecule has 0 saturated heterocycles. The van der Waals surface area contributed by atoms with E-state index < -0.39 is 0 Å². The average Bonchev–Trinajstić information content (AvgIpc) is 3.04. The largest absolute Gasteiger partial charge is 0.0808 e. The van der Waals surface area contributed by atoms with Crippen LogP contribution < -0.4 is 0 Å². The molecular weight excluding hydrogens is 560 g/mol. The molecule has 1 heteroatoms. The Morgan fingerprint density at radius 1 is 0.561 bits per heavy atom. The number of fused-ring (bicyclic) bond motifs is 4. The van der Waals surface area contributed by atoms with Crippen molar-refractivity contribution in [1.82, 2.24) is 0 Å². The lowest BCUT2D eigenvalue weighted by atomic mass is 9.71. The van der Waals surface area contributed by atoms with E-state index in [0.29, 0.717) is 11.8 Å². The normalized spacial score (nSPS) is 18.5. The molecule has 2 atom stereocenters. The lowest BCUT2D eigenvalue weighted by Crippen LogP contribution is -2.20. The van der Waals surface area contributed by atoms with E-state index in [1.165, 1.54) is 91.4 Å². The first kappa shape index (κ1) is 24.8. The van der Waals surface area contributed by atoms with Gasteiger partial charge in [-0.1, -0.05) is 134 Å². The van der Waals surface area contributed by atoms with E-state index in [4.69, 9.17) is 0 Å². The molecule has 1 saturated carbocycles. The maximum atomic E-state index is 3.99. The Morgan fingerprint density at radius 2 is 1.24 bits per heavy atom. The summed E-state index contributed by atoms with van der Waals surface area (Å²) in [6.45, 7) is 0. The van der Waals surface area contributed by atoms with Gasteiger partial charge in [-0.3, -0.25) is 0 Å². The molecule has 2 unspecified atom stereocenters. The van der Waals surface area contributed by atoms with Crippen LogP contribution in [0.3, 0.4) is 0 Å². The summed E-state index contributed by atoms with van der Waals surface area (Å²) in [6.07, 6.45) is 12.4. The molecule has 1 fully saturated rings. The first-order valence-corrected chi connectivity index (χ1v) is 15.7. The second-order valence-corrected chi connectivity index (χ2v) is 12.5.